The van der Waals surface area contributed by atoms with Crippen molar-refractivity contribution in [3.05, 3.63) is 0 Å². The number of carboxylic acid groups (broad SMARTS) is 2. The van der Waals surface area contributed by atoms with Crippen LogP contribution < -0.4 is 27.4 Å². The number of aliphatic carboxylic acids is 2. The Morgan fingerprint density at radius 1 is 0.903 bits per heavy atom. The minimum absolute atomic E-state index is 0.178. The normalized spacial score (nSPS) is 14.4. The van der Waals surface area contributed by atoms with Crippen molar-refractivity contribution in [3.8, 4) is 0 Å². The van der Waals surface area contributed by atoms with Crippen LogP contribution in [0, 0.1) is 0 Å². The van der Waals surface area contributed by atoms with Crippen molar-refractivity contribution in [2.24, 2.45) is 11.5 Å². The van der Waals surface area contributed by atoms with E-state index in [9.17, 15) is 33.9 Å². The number of nitrogens with two attached hydrogens (primary N) is 2. The Hall–Kier alpha value is -2.87. The average Bonchev–Trinajstić information content (AvgIpc) is 2.67. The van der Waals surface area contributed by atoms with Crippen LogP contribution in [0.3, 0.4) is 0 Å². The lowest BCUT2D eigenvalue weighted by atomic mass is 10.1. The minimum atomic E-state index is -1.46. The Bertz CT molecular complexity index is 689. The topological polar surface area (TPSA) is 231 Å². The van der Waals surface area contributed by atoms with Crippen molar-refractivity contribution < 1.29 is 39.0 Å². The summed E-state index contributed by atoms with van der Waals surface area (Å²) < 4.78 is 0. The molecule has 0 bridgehead atoms. The number of thioether (sulfide) groups is 1. The number of primary amides is 1. The van der Waals surface area contributed by atoms with E-state index in [1.165, 1.54) is 18.7 Å². The van der Waals surface area contributed by atoms with E-state index in [-0.39, 0.29) is 19.3 Å². The number of nitrogens with one attached hydrogen (secondary N) is 3. The van der Waals surface area contributed by atoms with Crippen LogP contribution in [-0.2, 0) is 28.8 Å². The van der Waals surface area contributed by atoms with Gasteiger partial charge in [-0.05, 0) is 31.8 Å². The summed E-state index contributed by atoms with van der Waals surface area (Å²) in [6.45, 7) is 1.29. The van der Waals surface area contributed by atoms with Crippen molar-refractivity contribution in [3.63, 3.8) is 0 Å². The van der Waals surface area contributed by atoms with Crippen LogP contribution in [0.15, 0.2) is 0 Å². The van der Waals surface area contributed by atoms with Crippen LogP contribution in [0.1, 0.15) is 32.6 Å². The fourth-order valence-electron chi connectivity index (χ4n) is 2.27. The molecule has 0 aliphatic heterocycles. The molecule has 0 radical (unpaired) electrons. The molecule has 13 nitrogen and oxygen atoms in total. The number of carboxylic acids is 2. The lowest BCUT2D eigenvalue weighted by Crippen LogP contribution is -2.57. The maximum Gasteiger partial charge on any atom is 0.326 e. The molecular formula is C17H29N5O8S. The summed E-state index contributed by atoms with van der Waals surface area (Å²) >= 11 is 1.40. The van der Waals surface area contributed by atoms with E-state index in [4.69, 9.17) is 16.6 Å². The van der Waals surface area contributed by atoms with E-state index in [1.54, 1.807) is 6.26 Å². The summed E-state index contributed by atoms with van der Waals surface area (Å²) in [6.07, 6.45) is 0.794. The molecule has 4 unspecified atom stereocenters. The quantitative estimate of drug-likeness (QED) is 0.133. The molecule has 14 heteroatoms. The van der Waals surface area contributed by atoms with Crippen molar-refractivity contribution in [2.45, 2.75) is 56.8 Å². The van der Waals surface area contributed by atoms with E-state index < -0.39 is 66.2 Å². The molecule has 176 valence electrons. The summed E-state index contributed by atoms with van der Waals surface area (Å²) in [7, 11) is 0. The number of hydrogen-bond acceptors (Lipinski definition) is 8. The van der Waals surface area contributed by atoms with Crippen LogP contribution in [0.5, 0.6) is 0 Å². The van der Waals surface area contributed by atoms with Crippen molar-refractivity contribution in [2.75, 3.05) is 12.0 Å². The van der Waals surface area contributed by atoms with Crippen LogP contribution in [0.2, 0.25) is 0 Å². The molecule has 0 aromatic carbocycles. The van der Waals surface area contributed by atoms with Gasteiger partial charge in [0.1, 0.15) is 18.1 Å². The number of carbonyl (C=O) groups is 6. The van der Waals surface area contributed by atoms with Gasteiger partial charge < -0.3 is 37.6 Å². The molecule has 4 atom stereocenters. The van der Waals surface area contributed by atoms with Crippen LogP contribution >= 0.6 is 11.8 Å². The van der Waals surface area contributed by atoms with Gasteiger partial charge in [0.2, 0.25) is 23.6 Å². The molecule has 0 fully saturated rings. The van der Waals surface area contributed by atoms with Gasteiger partial charge in [0.05, 0.1) is 12.5 Å². The molecule has 0 aliphatic carbocycles. The molecule has 0 saturated heterocycles. The van der Waals surface area contributed by atoms with Gasteiger partial charge in [0.15, 0.2) is 0 Å². The molecule has 0 spiro atoms. The second-order valence-electron chi connectivity index (χ2n) is 6.68. The van der Waals surface area contributed by atoms with E-state index in [2.05, 4.69) is 16.0 Å². The van der Waals surface area contributed by atoms with Crippen LogP contribution in [-0.4, -0.2) is 82.0 Å². The number of rotatable bonds is 15. The van der Waals surface area contributed by atoms with Gasteiger partial charge in [-0.3, -0.25) is 24.0 Å². The molecule has 0 rings (SSSR count). The van der Waals surface area contributed by atoms with Gasteiger partial charge in [-0.15, -0.1) is 0 Å². The van der Waals surface area contributed by atoms with Gasteiger partial charge in [-0.1, -0.05) is 0 Å². The maximum atomic E-state index is 12.4. The monoisotopic (exact) mass is 463 g/mol. The largest absolute Gasteiger partial charge is 0.481 e. The lowest BCUT2D eigenvalue weighted by Gasteiger charge is -2.22. The Balaban J connectivity index is 5.03. The van der Waals surface area contributed by atoms with E-state index in [1.807, 2.05) is 0 Å². The summed E-state index contributed by atoms with van der Waals surface area (Å²) in [5.41, 5.74) is 10.7. The first kappa shape index (κ1) is 28.1. The Morgan fingerprint density at radius 3 is 1.97 bits per heavy atom. The molecule has 0 saturated carbocycles. The van der Waals surface area contributed by atoms with Crippen LogP contribution in [0.25, 0.3) is 0 Å². The molecular weight excluding hydrogens is 434 g/mol. The molecule has 0 aromatic heterocycles. The zero-order valence-electron chi connectivity index (χ0n) is 17.3. The lowest BCUT2D eigenvalue weighted by molar-refractivity contribution is -0.142. The third kappa shape index (κ3) is 11.8. The summed E-state index contributed by atoms with van der Waals surface area (Å²) in [5, 5.41) is 24.6. The highest BCUT2D eigenvalue weighted by molar-refractivity contribution is 7.98. The number of carbonyl (C=O) groups excluding carboxylic acids is 4. The Kier molecular flexibility index (Phi) is 12.9. The van der Waals surface area contributed by atoms with Gasteiger partial charge in [-0.2, -0.15) is 11.8 Å². The van der Waals surface area contributed by atoms with Gasteiger partial charge >= 0.3 is 11.9 Å². The summed E-state index contributed by atoms with van der Waals surface area (Å²) in [6, 6.07) is -5.03. The zero-order chi connectivity index (χ0) is 24.1. The molecule has 31 heavy (non-hydrogen) atoms. The van der Waals surface area contributed by atoms with E-state index in [0.717, 1.165) is 0 Å². The third-order valence-electron chi connectivity index (χ3n) is 4.02. The second-order valence-corrected chi connectivity index (χ2v) is 7.67. The van der Waals surface area contributed by atoms with Gasteiger partial charge in [-0.25, -0.2) is 4.79 Å². The maximum absolute atomic E-state index is 12.4. The SMILES string of the molecule is CSCCC(NC(=O)C(C)NC(=O)C(CC(N)=O)NC(=O)C(N)CCC(=O)O)C(=O)O. The van der Waals surface area contributed by atoms with E-state index >= 15 is 0 Å². The third-order valence-corrected chi connectivity index (χ3v) is 4.67. The first-order valence-electron chi connectivity index (χ1n) is 9.27. The highest BCUT2D eigenvalue weighted by Gasteiger charge is 2.29. The Labute approximate surface area is 183 Å². The average molecular weight is 464 g/mol. The van der Waals surface area contributed by atoms with Crippen LogP contribution in [0.4, 0.5) is 0 Å². The first-order valence-corrected chi connectivity index (χ1v) is 10.7. The number of amides is 4. The van der Waals surface area contributed by atoms with Crippen molar-refractivity contribution in [1.29, 1.82) is 0 Å². The molecule has 0 heterocycles. The molecule has 0 aromatic rings. The minimum Gasteiger partial charge on any atom is -0.481 e. The Morgan fingerprint density at radius 2 is 1.48 bits per heavy atom. The molecule has 9 N–H and O–H groups in total. The zero-order valence-corrected chi connectivity index (χ0v) is 18.1. The fourth-order valence-corrected chi connectivity index (χ4v) is 2.74. The smallest absolute Gasteiger partial charge is 0.326 e. The summed E-state index contributed by atoms with van der Waals surface area (Å²) in [4.78, 5) is 69.8. The molecule has 4 amide bonds. The van der Waals surface area contributed by atoms with Gasteiger partial charge in [0.25, 0.3) is 0 Å². The fraction of sp³-hybridized carbons (Fsp3) is 0.647. The molecule has 0 aliphatic rings. The highest BCUT2D eigenvalue weighted by Crippen LogP contribution is 2.03. The standard InChI is InChI=1S/C17H29N5O8S/c1-8(14(26)21-10(17(29)30)5-6-31-2)20-16(28)11(7-12(19)23)22-15(27)9(18)3-4-13(24)25/h8-11H,3-7,18H2,1-2H3,(H2,19,23)(H,20,28)(H,21,26)(H,22,27)(H,24,25)(H,29,30). The van der Waals surface area contributed by atoms with E-state index in [0.29, 0.717) is 5.75 Å². The highest BCUT2D eigenvalue weighted by atomic mass is 32.2. The van der Waals surface area contributed by atoms with Gasteiger partial charge in [0, 0.05) is 6.42 Å². The second kappa shape index (κ2) is 14.2. The number of hydrogen-bond donors (Lipinski definition) is 7. The van der Waals surface area contributed by atoms with Crippen molar-refractivity contribution in [1.82, 2.24) is 16.0 Å². The summed E-state index contributed by atoms with van der Waals surface area (Å²) in [5.74, 6) is -5.38. The van der Waals surface area contributed by atoms with Crippen molar-refractivity contribution >= 4 is 47.3 Å². The first-order chi connectivity index (χ1) is 14.4. The predicted octanol–water partition coefficient (Wildman–Crippen LogP) is -2.63. The predicted molar refractivity (Wildman–Crippen MR) is 111 cm³/mol.